The van der Waals surface area contributed by atoms with Crippen molar-refractivity contribution in [1.29, 1.82) is 0 Å². The summed E-state index contributed by atoms with van der Waals surface area (Å²) in [5.41, 5.74) is 0. The van der Waals surface area contributed by atoms with Gasteiger partial charge in [0.1, 0.15) is 0 Å². The maximum absolute atomic E-state index is 12.0. The molecule has 0 saturated carbocycles. The van der Waals surface area contributed by atoms with E-state index in [1.807, 2.05) is 13.8 Å². The van der Waals surface area contributed by atoms with Crippen molar-refractivity contribution in [2.75, 3.05) is 39.4 Å². The minimum atomic E-state index is -0.379. The Morgan fingerprint density at radius 1 is 1.12 bits per heavy atom. The Balaban J connectivity index is 2.55. The van der Waals surface area contributed by atoms with E-state index >= 15 is 0 Å². The van der Waals surface area contributed by atoms with Crippen LogP contribution in [0, 0.1) is 0 Å². The predicted molar refractivity (Wildman–Crippen MR) is 64.6 cm³/mol. The van der Waals surface area contributed by atoms with Crippen LogP contribution < -0.4 is 0 Å². The third-order valence-corrected chi connectivity index (χ3v) is 2.76. The number of hydrogen-bond donors (Lipinski definition) is 0. The Kier molecular flexibility index (Phi) is 5.97. The van der Waals surface area contributed by atoms with E-state index in [2.05, 4.69) is 0 Å². The molecule has 2 amide bonds. The fourth-order valence-electron chi connectivity index (χ4n) is 1.89. The molecule has 0 spiro atoms. The van der Waals surface area contributed by atoms with Crippen LogP contribution in [0.2, 0.25) is 0 Å². The molecule has 0 N–H and O–H groups in total. The van der Waals surface area contributed by atoms with E-state index in [4.69, 9.17) is 4.74 Å². The van der Waals surface area contributed by atoms with Crippen LogP contribution in [0.25, 0.3) is 0 Å². The van der Waals surface area contributed by atoms with Gasteiger partial charge < -0.3 is 14.5 Å². The minimum absolute atomic E-state index is 0.365. The van der Waals surface area contributed by atoms with Crippen molar-refractivity contribution in [3.63, 3.8) is 0 Å². The van der Waals surface area contributed by atoms with Crippen LogP contribution >= 0.6 is 0 Å². The highest BCUT2D eigenvalue weighted by molar-refractivity contribution is 6.34. The molecule has 0 bridgehead atoms. The maximum atomic E-state index is 12.0. The molecule has 0 atom stereocenters. The van der Waals surface area contributed by atoms with Crippen molar-refractivity contribution in [3.05, 3.63) is 0 Å². The Morgan fingerprint density at radius 2 is 1.65 bits per heavy atom. The third kappa shape index (κ3) is 4.00. The number of rotatable bonds is 4. The topological polar surface area (TPSA) is 49.9 Å². The SMILES string of the molecule is CCCN(CCC)C(=O)C(=O)N1CCOCC1. The fourth-order valence-corrected chi connectivity index (χ4v) is 1.89. The summed E-state index contributed by atoms with van der Waals surface area (Å²) in [4.78, 5) is 27.2. The molecule has 98 valence electrons. The molecule has 1 saturated heterocycles. The maximum Gasteiger partial charge on any atom is 0.312 e. The fraction of sp³-hybridized carbons (Fsp3) is 0.833. The summed E-state index contributed by atoms with van der Waals surface area (Å²) in [6, 6.07) is 0. The normalized spacial score (nSPS) is 15.8. The van der Waals surface area contributed by atoms with Gasteiger partial charge in [0.15, 0.2) is 0 Å². The molecular weight excluding hydrogens is 220 g/mol. The Hall–Kier alpha value is -1.10. The standard InChI is InChI=1S/C12H22N2O3/c1-3-5-13(6-4-2)11(15)12(16)14-7-9-17-10-8-14/h3-10H2,1-2H3. The van der Waals surface area contributed by atoms with Gasteiger partial charge >= 0.3 is 11.8 Å². The zero-order valence-corrected chi connectivity index (χ0v) is 10.8. The summed E-state index contributed by atoms with van der Waals surface area (Å²) < 4.78 is 5.17. The largest absolute Gasteiger partial charge is 0.378 e. The van der Waals surface area contributed by atoms with E-state index in [-0.39, 0.29) is 11.8 Å². The van der Waals surface area contributed by atoms with Gasteiger partial charge in [0.2, 0.25) is 0 Å². The van der Waals surface area contributed by atoms with E-state index in [0.717, 1.165) is 12.8 Å². The number of amides is 2. The summed E-state index contributed by atoms with van der Waals surface area (Å²) in [6.07, 6.45) is 1.75. The lowest BCUT2D eigenvalue weighted by atomic mass is 10.3. The number of hydrogen-bond acceptors (Lipinski definition) is 3. The lowest BCUT2D eigenvalue weighted by Gasteiger charge is -2.29. The van der Waals surface area contributed by atoms with Crippen molar-refractivity contribution in [1.82, 2.24) is 9.80 Å². The van der Waals surface area contributed by atoms with Crippen LogP contribution in [0.4, 0.5) is 0 Å². The monoisotopic (exact) mass is 242 g/mol. The van der Waals surface area contributed by atoms with Crippen molar-refractivity contribution < 1.29 is 14.3 Å². The third-order valence-electron chi connectivity index (χ3n) is 2.76. The first-order valence-corrected chi connectivity index (χ1v) is 6.36. The molecule has 17 heavy (non-hydrogen) atoms. The van der Waals surface area contributed by atoms with Gasteiger partial charge in [-0.25, -0.2) is 0 Å². The van der Waals surface area contributed by atoms with E-state index in [1.165, 1.54) is 0 Å². The van der Waals surface area contributed by atoms with Gasteiger partial charge in [-0.1, -0.05) is 13.8 Å². The molecule has 0 aliphatic carbocycles. The lowest BCUT2D eigenvalue weighted by Crippen LogP contribution is -2.49. The van der Waals surface area contributed by atoms with Crippen LogP contribution in [0.15, 0.2) is 0 Å². The molecule has 0 aromatic rings. The molecule has 1 rings (SSSR count). The zero-order chi connectivity index (χ0) is 12.7. The average Bonchev–Trinajstić information content (AvgIpc) is 2.38. The summed E-state index contributed by atoms with van der Waals surface area (Å²) in [5, 5.41) is 0. The molecule has 0 radical (unpaired) electrons. The van der Waals surface area contributed by atoms with Gasteiger partial charge in [-0.05, 0) is 12.8 Å². The average molecular weight is 242 g/mol. The highest BCUT2D eigenvalue weighted by Gasteiger charge is 2.27. The molecule has 1 aliphatic rings. The second-order valence-corrected chi connectivity index (χ2v) is 4.20. The molecule has 0 aromatic heterocycles. The van der Waals surface area contributed by atoms with Gasteiger partial charge in [0.25, 0.3) is 0 Å². The minimum Gasteiger partial charge on any atom is -0.378 e. The quantitative estimate of drug-likeness (QED) is 0.674. The van der Waals surface area contributed by atoms with Crippen molar-refractivity contribution in [2.24, 2.45) is 0 Å². The van der Waals surface area contributed by atoms with E-state index in [0.29, 0.717) is 39.4 Å². The number of morpholine rings is 1. The van der Waals surface area contributed by atoms with Crippen LogP contribution in [0.3, 0.4) is 0 Å². The van der Waals surface area contributed by atoms with Gasteiger partial charge in [0.05, 0.1) is 13.2 Å². The molecule has 1 aliphatic heterocycles. The number of ether oxygens (including phenoxy) is 1. The van der Waals surface area contributed by atoms with Gasteiger partial charge in [-0.3, -0.25) is 9.59 Å². The van der Waals surface area contributed by atoms with Gasteiger partial charge in [-0.15, -0.1) is 0 Å². The lowest BCUT2D eigenvalue weighted by molar-refractivity contribution is -0.154. The number of carbonyl (C=O) groups excluding carboxylic acids is 2. The zero-order valence-electron chi connectivity index (χ0n) is 10.8. The second-order valence-electron chi connectivity index (χ2n) is 4.20. The first-order valence-electron chi connectivity index (χ1n) is 6.36. The Bertz CT molecular complexity index is 256. The Morgan fingerprint density at radius 3 is 2.12 bits per heavy atom. The molecular formula is C12H22N2O3. The van der Waals surface area contributed by atoms with Crippen LogP contribution in [0.1, 0.15) is 26.7 Å². The van der Waals surface area contributed by atoms with Gasteiger partial charge in [0, 0.05) is 26.2 Å². The highest BCUT2D eigenvalue weighted by Crippen LogP contribution is 2.02. The first-order chi connectivity index (χ1) is 8.20. The Labute approximate surface area is 103 Å². The molecule has 0 aromatic carbocycles. The van der Waals surface area contributed by atoms with Gasteiger partial charge in [-0.2, -0.15) is 0 Å². The summed E-state index contributed by atoms with van der Waals surface area (Å²) >= 11 is 0. The summed E-state index contributed by atoms with van der Waals surface area (Å²) in [7, 11) is 0. The van der Waals surface area contributed by atoms with Crippen molar-refractivity contribution >= 4 is 11.8 Å². The van der Waals surface area contributed by atoms with Crippen LogP contribution in [0.5, 0.6) is 0 Å². The molecule has 0 unspecified atom stereocenters. The van der Waals surface area contributed by atoms with Crippen LogP contribution in [-0.2, 0) is 14.3 Å². The molecule has 5 nitrogen and oxygen atoms in total. The smallest absolute Gasteiger partial charge is 0.312 e. The van der Waals surface area contributed by atoms with Crippen molar-refractivity contribution in [3.8, 4) is 0 Å². The molecule has 1 heterocycles. The van der Waals surface area contributed by atoms with Crippen molar-refractivity contribution in [2.45, 2.75) is 26.7 Å². The summed E-state index contributed by atoms with van der Waals surface area (Å²) in [5.74, 6) is -0.745. The molecule has 5 heteroatoms. The number of nitrogens with zero attached hydrogens (tertiary/aromatic N) is 2. The highest BCUT2D eigenvalue weighted by atomic mass is 16.5. The number of carbonyl (C=O) groups is 2. The predicted octanol–water partition coefficient (Wildman–Crippen LogP) is 0.494. The summed E-state index contributed by atoms with van der Waals surface area (Å²) in [6.45, 7) is 7.43. The second kappa shape index (κ2) is 7.27. The van der Waals surface area contributed by atoms with E-state index in [1.54, 1.807) is 9.80 Å². The molecule has 1 fully saturated rings. The van der Waals surface area contributed by atoms with E-state index in [9.17, 15) is 9.59 Å². The first kappa shape index (κ1) is 14.0. The van der Waals surface area contributed by atoms with Crippen LogP contribution in [-0.4, -0.2) is 61.0 Å². The van der Waals surface area contributed by atoms with E-state index < -0.39 is 0 Å².